The highest BCUT2D eigenvalue weighted by atomic mass is 15.1. The van der Waals surface area contributed by atoms with Crippen molar-refractivity contribution in [2.24, 2.45) is 0 Å². The standard InChI is InChI=1S/C12H17N2/c1-10-5-6-13-11(8-10)9-12-4-3-7-14(12)2/h5-6,8,12H,2-4,7,9H2,1H3/q-1. The average molecular weight is 189 g/mol. The molecular weight excluding hydrogens is 172 g/mol. The molecule has 1 aromatic heterocycles. The van der Waals surface area contributed by atoms with Gasteiger partial charge in [-0.1, -0.05) is 0 Å². The zero-order chi connectivity index (χ0) is 9.97. The van der Waals surface area contributed by atoms with Crippen LogP contribution in [0.15, 0.2) is 18.3 Å². The van der Waals surface area contributed by atoms with Gasteiger partial charge in [0.15, 0.2) is 0 Å². The first-order chi connectivity index (χ1) is 6.75. The number of nitrogens with zero attached hydrogens (tertiary/aromatic N) is 2. The summed E-state index contributed by atoms with van der Waals surface area (Å²) in [5.41, 5.74) is 2.49. The van der Waals surface area contributed by atoms with E-state index in [0.717, 1.165) is 13.0 Å². The predicted octanol–water partition coefficient (Wildman–Crippen LogP) is 2.19. The smallest absolute Gasteiger partial charge is 0.0420 e. The summed E-state index contributed by atoms with van der Waals surface area (Å²) in [7, 11) is 4.04. The van der Waals surface area contributed by atoms with Crippen molar-refractivity contribution in [3.8, 4) is 0 Å². The molecule has 0 aliphatic carbocycles. The quantitative estimate of drug-likeness (QED) is 0.663. The summed E-state index contributed by atoms with van der Waals surface area (Å²) in [6, 6.07) is 4.82. The van der Waals surface area contributed by atoms with Crippen LogP contribution in [0.1, 0.15) is 24.1 Å². The number of likely N-dealkylation sites (tertiary alicyclic amines) is 1. The lowest BCUT2D eigenvalue weighted by atomic mass is 10.1. The van der Waals surface area contributed by atoms with Gasteiger partial charge in [0.2, 0.25) is 0 Å². The van der Waals surface area contributed by atoms with Crippen LogP contribution in [0.5, 0.6) is 0 Å². The lowest BCUT2D eigenvalue weighted by molar-refractivity contribution is 0.340. The zero-order valence-electron chi connectivity index (χ0n) is 8.74. The van der Waals surface area contributed by atoms with Crippen LogP contribution in [0.25, 0.3) is 0 Å². The highest BCUT2D eigenvalue weighted by Crippen LogP contribution is 2.19. The van der Waals surface area contributed by atoms with Crippen molar-refractivity contribution in [3.63, 3.8) is 0 Å². The fourth-order valence-electron chi connectivity index (χ4n) is 2.08. The molecule has 14 heavy (non-hydrogen) atoms. The van der Waals surface area contributed by atoms with Gasteiger partial charge in [0.05, 0.1) is 0 Å². The molecule has 0 N–H and O–H groups in total. The molecule has 1 unspecified atom stereocenters. The topological polar surface area (TPSA) is 16.1 Å². The Morgan fingerprint density at radius 3 is 3.14 bits per heavy atom. The molecule has 2 heterocycles. The Bertz CT molecular complexity index is 309. The van der Waals surface area contributed by atoms with E-state index in [1.807, 2.05) is 12.3 Å². The molecule has 0 bridgehead atoms. The number of hydrogen-bond acceptors (Lipinski definition) is 2. The second-order valence-electron chi connectivity index (χ2n) is 4.14. The van der Waals surface area contributed by atoms with Gasteiger partial charge in [0.1, 0.15) is 0 Å². The maximum atomic E-state index is 4.38. The van der Waals surface area contributed by atoms with Crippen LogP contribution in [0, 0.1) is 14.0 Å². The van der Waals surface area contributed by atoms with Gasteiger partial charge in [0, 0.05) is 18.3 Å². The van der Waals surface area contributed by atoms with Crippen molar-refractivity contribution >= 4 is 0 Å². The molecule has 0 amide bonds. The molecule has 0 spiro atoms. The summed E-state index contributed by atoms with van der Waals surface area (Å²) in [5.74, 6) is 0. The molecule has 1 saturated heterocycles. The first-order valence-electron chi connectivity index (χ1n) is 5.24. The molecular formula is C12H17N2-. The minimum absolute atomic E-state index is 0.601. The first-order valence-corrected chi connectivity index (χ1v) is 5.24. The molecule has 2 rings (SSSR count). The van der Waals surface area contributed by atoms with Gasteiger partial charge in [-0.15, -0.1) is 0 Å². The summed E-state index contributed by atoms with van der Waals surface area (Å²) in [6.45, 7) is 3.25. The van der Waals surface area contributed by atoms with E-state index in [-0.39, 0.29) is 0 Å². The molecule has 1 atom stereocenters. The van der Waals surface area contributed by atoms with Gasteiger partial charge in [-0.05, 0) is 50.0 Å². The summed E-state index contributed by atoms with van der Waals surface area (Å²) >= 11 is 0. The Kier molecular flexibility index (Phi) is 2.82. The van der Waals surface area contributed by atoms with Gasteiger partial charge in [-0.3, -0.25) is 12.0 Å². The second-order valence-corrected chi connectivity index (χ2v) is 4.14. The van der Waals surface area contributed by atoms with Crippen LogP contribution in [0.4, 0.5) is 0 Å². The third-order valence-electron chi connectivity index (χ3n) is 2.92. The van der Waals surface area contributed by atoms with Crippen LogP contribution in [0.3, 0.4) is 0 Å². The van der Waals surface area contributed by atoms with Crippen molar-refractivity contribution in [2.45, 2.75) is 32.2 Å². The Balaban J connectivity index is 2.03. The Labute approximate surface area is 86.0 Å². The fraction of sp³-hybridized carbons (Fsp3) is 0.500. The number of hydrogen-bond donors (Lipinski definition) is 0. The molecule has 0 saturated carbocycles. The van der Waals surface area contributed by atoms with Gasteiger partial charge in [-0.25, -0.2) is 0 Å². The molecule has 2 heteroatoms. The molecule has 1 aliphatic heterocycles. The largest absolute Gasteiger partial charge is 0.456 e. The van der Waals surface area contributed by atoms with Crippen molar-refractivity contribution < 1.29 is 0 Å². The van der Waals surface area contributed by atoms with E-state index < -0.39 is 0 Å². The third kappa shape index (κ3) is 2.13. The third-order valence-corrected chi connectivity index (χ3v) is 2.92. The maximum absolute atomic E-state index is 4.38. The number of rotatable bonds is 2. The number of aromatic nitrogens is 1. The zero-order valence-corrected chi connectivity index (χ0v) is 8.74. The molecule has 1 aromatic rings. The van der Waals surface area contributed by atoms with Gasteiger partial charge >= 0.3 is 0 Å². The first kappa shape index (κ1) is 9.66. The van der Waals surface area contributed by atoms with E-state index in [0.29, 0.717) is 6.04 Å². The van der Waals surface area contributed by atoms with E-state index >= 15 is 0 Å². The van der Waals surface area contributed by atoms with Crippen molar-refractivity contribution in [1.29, 1.82) is 0 Å². The molecule has 1 fully saturated rings. The Morgan fingerprint density at radius 1 is 1.64 bits per heavy atom. The normalized spacial score (nSPS) is 22.9. The predicted molar refractivity (Wildman–Crippen MR) is 57.8 cm³/mol. The fourth-order valence-corrected chi connectivity index (χ4v) is 2.08. The molecule has 76 valence electrons. The summed E-state index contributed by atoms with van der Waals surface area (Å²) in [4.78, 5) is 6.58. The Morgan fingerprint density at radius 2 is 2.50 bits per heavy atom. The van der Waals surface area contributed by atoms with Crippen LogP contribution in [0.2, 0.25) is 0 Å². The van der Waals surface area contributed by atoms with E-state index in [2.05, 4.69) is 29.9 Å². The highest BCUT2D eigenvalue weighted by Gasteiger charge is 2.16. The SMILES string of the molecule is [CH2-]N1CCCC1Cc1cc(C)ccn1. The monoisotopic (exact) mass is 189 g/mol. The second kappa shape index (κ2) is 4.09. The summed E-state index contributed by atoms with van der Waals surface area (Å²) in [5, 5.41) is 0. The summed E-state index contributed by atoms with van der Waals surface area (Å²) in [6.07, 6.45) is 5.48. The molecule has 2 nitrogen and oxygen atoms in total. The van der Waals surface area contributed by atoms with Crippen LogP contribution >= 0.6 is 0 Å². The number of pyridine rings is 1. The molecule has 0 aromatic carbocycles. The van der Waals surface area contributed by atoms with E-state index in [1.165, 1.54) is 24.1 Å². The van der Waals surface area contributed by atoms with Crippen LogP contribution < -0.4 is 0 Å². The van der Waals surface area contributed by atoms with E-state index in [4.69, 9.17) is 0 Å². The number of aryl methyl sites for hydroxylation is 1. The van der Waals surface area contributed by atoms with Crippen molar-refractivity contribution in [1.82, 2.24) is 9.88 Å². The molecule has 1 aliphatic rings. The van der Waals surface area contributed by atoms with Gasteiger partial charge in [0.25, 0.3) is 0 Å². The lowest BCUT2D eigenvalue weighted by Gasteiger charge is -2.26. The highest BCUT2D eigenvalue weighted by molar-refractivity contribution is 5.15. The Hall–Kier alpha value is -0.890. The van der Waals surface area contributed by atoms with E-state index in [9.17, 15) is 0 Å². The van der Waals surface area contributed by atoms with Crippen LogP contribution in [-0.2, 0) is 6.42 Å². The molecule has 0 radical (unpaired) electrons. The van der Waals surface area contributed by atoms with Crippen molar-refractivity contribution in [2.75, 3.05) is 6.54 Å². The minimum Gasteiger partial charge on any atom is -0.456 e. The summed E-state index contributed by atoms with van der Waals surface area (Å²) < 4.78 is 0. The average Bonchev–Trinajstić information content (AvgIpc) is 2.52. The van der Waals surface area contributed by atoms with Crippen LogP contribution in [-0.4, -0.2) is 22.5 Å². The van der Waals surface area contributed by atoms with E-state index in [1.54, 1.807) is 0 Å². The maximum Gasteiger partial charge on any atom is 0.0420 e. The van der Waals surface area contributed by atoms with Gasteiger partial charge < -0.3 is 4.90 Å². The minimum atomic E-state index is 0.601. The lowest BCUT2D eigenvalue weighted by Crippen LogP contribution is -2.25. The van der Waals surface area contributed by atoms with Gasteiger partial charge in [-0.2, -0.15) is 0 Å². The van der Waals surface area contributed by atoms with Crippen molar-refractivity contribution in [3.05, 3.63) is 36.6 Å².